The molecule has 26 heavy (non-hydrogen) atoms. The fourth-order valence-electron chi connectivity index (χ4n) is 2.96. The van der Waals surface area contributed by atoms with Gasteiger partial charge in [-0.05, 0) is 48.7 Å². The second-order valence-electron chi connectivity index (χ2n) is 5.68. The first-order valence-corrected chi connectivity index (χ1v) is 7.87. The molecule has 0 atom stereocenters. The molecule has 1 aliphatic rings. The van der Waals surface area contributed by atoms with Gasteiger partial charge in [-0.25, -0.2) is 9.59 Å². The van der Waals surface area contributed by atoms with Crippen LogP contribution in [0, 0.1) is 25.2 Å². The number of anilines is 1. The van der Waals surface area contributed by atoms with E-state index in [0.29, 0.717) is 0 Å². The van der Waals surface area contributed by atoms with Gasteiger partial charge in [0.25, 0.3) is 0 Å². The number of aryl methyl sites for hydroxylation is 2. The molecule has 0 spiro atoms. The first-order valence-electron chi connectivity index (χ1n) is 7.87. The molecule has 0 radical (unpaired) electrons. The van der Waals surface area contributed by atoms with E-state index in [1.165, 1.54) is 20.3 Å². The molecule has 1 aliphatic heterocycles. The summed E-state index contributed by atoms with van der Waals surface area (Å²) in [6.07, 6.45) is 3.10. The Morgan fingerprint density at radius 1 is 1.19 bits per heavy atom. The van der Waals surface area contributed by atoms with Gasteiger partial charge in [0, 0.05) is 11.8 Å². The Hall–Kier alpha value is -3.11. The van der Waals surface area contributed by atoms with Crippen molar-refractivity contribution < 1.29 is 23.8 Å². The van der Waals surface area contributed by atoms with Gasteiger partial charge in [-0.1, -0.05) is 0 Å². The maximum absolute atomic E-state index is 12.4. The first kappa shape index (κ1) is 19.2. The lowest BCUT2D eigenvalue weighted by Crippen LogP contribution is -2.39. The van der Waals surface area contributed by atoms with Crippen LogP contribution in [-0.2, 0) is 23.8 Å². The zero-order valence-electron chi connectivity index (χ0n) is 15.2. The molecule has 0 aliphatic carbocycles. The molecular weight excluding hydrogens is 336 g/mol. The number of allylic oxidation sites excluding steroid dienone is 1. The number of hydrogen-bond donors (Lipinski definition) is 0. The van der Waals surface area contributed by atoms with Gasteiger partial charge in [0.15, 0.2) is 0 Å². The van der Waals surface area contributed by atoms with Crippen LogP contribution in [0.1, 0.15) is 16.7 Å². The Labute approximate surface area is 152 Å². The van der Waals surface area contributed by atoms with Crippen LogP contribution in [0.5, 0.6) is 0 Å². The Bertz CT molecular complexity index is 810. The third kappa shape index (κ3) is 3.76. The zero-order chi connectivity index (χ0) is 19.3. The maximum atomic E-state index is 12.4. The van der Waals surface area contributed by atoms with Crippen molar-refractivity contribution in [1.82, 2.24) is 0 Å². The molecule has 2 rings (SSSR count). The third-order valence-corrected chi connectivity index (χ3v) is 3.97. The third-order valence-electron chi connectivity index (χ3n) is 3.97. The van der Waals surface area contributed by atoms with Gasteiger partial charge < -0.3 is 19.1 Å². The van der Waals surface area contributed by atoms with E-state index in [1.807, 2.05) is 32.0 Å². The van der Waals surface area contributed by atoms with Crippen molar-refractivity contribution in [3.05, 3.63) is 46.2 Å². The Kier molecular flexibility index (Phi) is 6.15. The van der Waals surface area contributed by atoms with Gasteiger partial charge in [-0.2, -0.15) is 5.26 Å². The van der Waals surface area contributed by atoms with Crippen molar-refractivity contribution in [3.8, 4) is 6.07 Å². The molecule has 0 amide bonds. The molecule has 7 nitrogen and oxygen atoms in total. The summed E-state index contributed by atoms with van der Waals surface area (Å²) in [5.74, 6) is -1.28. The van der Waals surface area contributed by atoms with Gasteiger partial charge in [-0.15, -0.1) is 0 Å². The molecule has 1 aromatic rings. The molecule has 0 fully saturated rings. The summed E-state index contributed by atoms with van der Waals surface area (Å²) in [6, 6.07) is 5.73. The fraction of sp³-hybridized carbons (Fsp3) is 0.316. The van der Waals surface area contributed by atoms with Gasteiger partial charge in [0.1, 0.15) is 12.4 Å². The molecule has 0 aromatic heterocycles. The quantitative estimate of drug-likeness (QED) is 0.604. The molecule has 0 saturated heterocycles. The number of methoxy groups -OCH3 is 2. The lowest BCUT2D eigenvalue weighted by Gasteiger charge is -2.33. The number of rotatable bonds is 4. The molecule has 7 heteroatoms. The Morgan fingerprint density at radius 3 is 2.35 bits per heavy atom. The summed E-state index contributed by atoms with van der Waals surface area (Å²) in [5, 5.41) is 8.69. The van der Waals surface area contributed by atoms with Gasteiger partial charge in [-0.3, -0.25) is 0 Å². The highest BCUT2D eigenvalue weighted by Crippen LogP contribution is 2.33. The highest BCUT2D eigenvalue weighted by Gasteiger charge is 2.33. The minimum atomic E-state index is -0.640. The van der Waals surface area contributed by atoms with E-state index in [-0.39, 0.29) is 24.6 Å². The van der Waals surface area contributed by atoms with E-state index < -0.39 is 11.9 Å². The monoisotopic (exact) mass is 356 g/mol. The smallest absolute Gasteiger partial charge is 0.355 e. The predicted molar refractivity (Wildman–Crippen MR) is 94.9 cm³/mol. The number of hydrogen-bond acceptors (Lipinski definition) is 7. The van der Waals surface area contributed by atoms with E-state index in [1.54, 1.807) is 11.0 Å². The van der Waals surface area contributed by atoms with Crippen molar-refractivity contribution >= 4 is 23.7 Å². The average molecular weight is 356 g/mol. The van der Waals surface area contributed by atoms with Crippen LogP contribution < -0.4 is 4.90 Å². The summed E-state index contributed by atoms with van der Waals surface area (Å²) in [5.41, 5.74) is 3.54. The zero-order valence-corrected chi connectivity index (χ0v) is 15.2. The van der Waals surface area contributed by atoms with Crippen molar-refractivity contribution in [2.75, 3.05) is 32.5 Å². The van der Waals surface area contributed by atoms with E-state index in [9.17, 15) is 9.59 Å². The van der Waals surface area contributed by atoms with Crippen LogP contribution in [0.2, 0.25) is 0 Å². The van der Waals surface area contributed by atoms with Crippen LogP contribution in [-0.4, -0.2) is 39.5 Å². The molecular formula is C19H20N2O5. The normalized spacial score (nSPS) is 14.3. The van der Waals surface area contributed by atoms with Gasteiger partial charge in [0.2, 0.25) is 0 Å². The lowest BCUT2D eigenvalue weighted by molar-refractivity contribution is -0.140. The second kappa shape index (κ2) is 8.32. The second-order valence-corrected chi connectivity index (χ2v) is 5.68. The summed E-state index contributed by atoms with van der Waals surface area (Å²) >= 11 is 0. The standard InChI is InChI=1S/C19H20N2O5/c1-12-8-14(6-5-7-20)9-13(2)16(12)21-11-26-10-15(18(22)24-3)17(21)19(23)25-4/h5-6,8-9H,10-11H2,1-4H3. The highest BCUT2D eigenvalue weighted by atomic mass is 16.5. The number of ether oxygens (including phenoxy) is 3. The summed E-state index contributed by atoms with van der Waals surface area (Å²) in [7, 11) is 2.50. The van der Waals surface area contributed by atoms with Crippen molar-refractivity contribution in [2.45, 2.75) is 13.8 Å². The van der Waals surface area contributed by atoms with Crippen molar-refractivity contribution in [1.29, 1.82) is 5.26 Å². The molecule has 0 unspecified atom stereocenters. The summed E-state index contributed by atoms with van der Waals surface area (Å²) in [6.45, 7) is 3.83. The highest BCUT2D eigenvalue weighted by molar-refractivity contribution is 6.03. The van der Waals surface area contributed by atoms with Gasteiger partial charge in [0.05, 0.1) is 32.5 Å². The topological polar surface area (TPSA) is 88.9 Å². The largest absolute Gasteiger partial charge is 0.466 e. The van der Waals surface area contributed by atoms with Crippen molar-refractivity contribution in [2.24, 2.45) is 0 Å². The number of carbonyl (C=O) groups excluding carboxylic acids is 2. The van der Waals surface area contributed by atoms with E-state index in [0.717, 1.165) is 22.4 Å². The molecule has 0 N–H and O–H groups in total. The van der Waals surface area contributed by atoms with E-state index in [2.05, 4.69) is 0 Å². The SMILES string of the molecule is COC(=O)C1=C(C(=O)OC)N(c2c(C)cc(C=CC#N)cc2C)COC1. The first-order chi connectivity index (χ1) is 12.4. The number of carbonyl (C=O) groups is 2. The minimum absolute atomic E-state index is 0.0330. The van der Waals surface area contributed by atoms with Crippen LogP contribution in [0.15, 0.2) is 29.5 Å². The van der Waals surface area contributed by atoms with Crippen LogP contribution in [0.4, 0.5) is 5.69 Å². The molecule has 1 aromatic carbocycles. The minimum Gasteiger partial charge on any atom is -0.466 e. The summed E-state index contributed by atoms with van der Waals surface area (Å²) < 4.78 is 15.2. The van der Waals surface area contributed by atoms with Crippen LogP contribution in [0.3, 0.4) is 0 Å². The van der Waals surface area contributed by atoms with E-state index in [4.69, 9.17) is 19.5 Å². The molecule has 136 valence electrons. The molecule has 0 bridgehead atoms. The Balaban J connectivity index is 2.62. The summed E-state index contributed by atoms with van der Waals surface area (Å²) in [4.78, 5) is 26.1. The van der Waals surface area contributed by atoms with Crippen LogP contribution >= 0.6 is 0 Å². The van der Waals surface area contributed by atoms with Gasteiger partial charge >= 0.3 is 11.9 Å². The average Bonchev–Trinajstić information content (AvgIpc) is 2.64. The van der Waals surface area contributed by atoms with Crippen LogP contribution in [0.25, 0.3) is 6.08 Å². The predicted octanol–water partition coefficient (Wildman–Crippen LogP) is 2.23. The number of nitriles is 1. The van der Waals surface area contributed by atoms with E-state index >= 15 is 0 Å². The molecule has 1 heterocycles. The fourth-order valence-corrected chi connectivity index (χ4v) is 2.96. The Morgan fingerprint density at radius 2 is 1.81 bits per heavy atom. The molecule has 0 saturated carbocycles. The van der Waals surface area contributed by atoms with Crippen molar-refractivity contribution in [3.63, 3.8) is 0 Å². The number of esters is 2. The number of benzene rings is 1. The lowest BCUT2D eigenvalue weighted by atomic mass is 10.0. The number of nitrogens with zero attached hydrogens (tertiary/aromatic N) is 2. The maximum Gasteiger partial charge on any atom is 0.355 e.